The molecule has 0 saturated carbocycles. The van der Waals surface area contributed by atoms with Gasteiger partial charge in [0.15, 0.2) is 9.84 Å². The molecule has 0 spiro atoms. The number of nitriles is 1. The van der Waals surface area contributed by atoms with Gasteiger partial charge in [-0.15, -0.1) is 0 Å². The normalized spacial score (nSPS) is 14.8. The van der Waals surface area contributed by atoms with Crippen molar-refractivity contribution < 1.29 is 8.42 Å². The molecule has 0 fully saturated rings. The van der Waals surface area contributed by atoms with E-state index < -0.39 is 14.6 Å². The quantitative estimate of drug-likeness (QED) is 0.733. The average molecular weight is 246 g/mol. The summed E-state index contributed by atoms with van der Waals surface area (Å²) in [5, 5.41) is 8.65. The summed E-state index contributed by atoms with van der Waals surface area (Å²) in [6.07, 6.45) is 0. The molecular weight excluding hydrogens is 224 g/mol. The third kappa shape index (κ3) is 4.95. The van der Waals surface area contributed by atoms with Crippen molar-refractivity contribution >= 4 is 9.84 Å². The third-order valence-corrected chi connectivity index (χ3v) is 5.07. The molecule has 0 N–H and O–H groups in total. The summed E-state index contributed by atoms with van der Waals surface area (Å²) in [5.74, 6) is 0.0767. The molecule has 16 heavy (non-hydrogen) atoms. The highest BCUT2D eigenvalue weighted by Crippen LogP contribution is 2.15. The Bertz CT molecular complexity index is 349. The van der Waals surface area contributed by atoms with E-state index in [1.54, 1.807) is 20.8 Å². The van der Waals surface area contributed by atoms with Crippen LogP contribution in [-0.4, -0.2) is 44.0 Å². The molecular formula is C11H22N2O2S. The first kappa shape index (κ1) is 15.4. The van der Waals surface area contributed by atoms with Crippen LogP contribution in [0.3, 0.4) is 0 Å². The molecule has 0 heterocycles. The second-order valence-electron chi connectivity index (χ2n) is 5.22. The van der Waals surface area contributed by atoms with Crippen molar-refractivity contribution in [3.8, 4) is 6.07 Å². The summed E-state index contributed by atoms with van der Waals surface area (Å²) >= 11 is 0. The van der Waals surface area contributed by atoms with Crippen molar-refractivity contribution in [1.29, 1.82) is 5.26 Å². The largest absolute Gasteiger partial charge is 0.304 e. The molecule has 0 aromatic heterocycles. The highest BCUT2D eigenvalue weighted by Gasteiger charge is 2.28. The molecule has 1 unspecified atom stereocenters. The van der Waals surface area contributed by atoms with Crippen molar-refractivity contribution in [3.63, 3.8) is 0 Å². The minimum Gasteiger partial charge on any atom is -0.304 e. The van der Waals surface area contributed by atoms with Crippen molar-refractivity contribution in [3.05, 3.63) is 0 Å². The van der Waals surface area contributed by atoms with Crippen LogP contribution in [0.25, 0.3) is 0 Å². The highest BCUT2D eigenvalue weighted by atomic mass is 32.2. The van der Waals surface area contributed by atoms with Crippen molar-refractivity contribution in [2.24, 2.45) is 5.92 Å². The molecule has 4 nitrogen and oxygen atoms in total. The molecule has 0 aromatic rings. The van der Waals surface area contributed by atoms with Crippen LogP contribution in [0.5, 0.6) is 0 Å². The van der Waals surface area contributed by atoms with Crippen molar-refractivity contribution in [2.45, 2.75) is 32.4 Å². The van der Waals surface area contributed by atoms with E-state index in [9.17, 15) is 8.42 Å². The zero-order valence-corrected chi connectivity index (χ0v) is 11.6. The van der Waals surface area contributed by atoms with E-state index in [0.29, 0.717) is 13.1 Å². The van der Waals surface area contributed by atoms with Crippen LogP contribution in [-0.2, 0) is 9.84 Å². The Morgan fingerprint density at radius 2 is 1.88 bits per heavy atom. The van der Waals surface area contributed by atoms with E-state index in [-0.39, 0.29) is 11.7 Å². The van der Waals surface area contributed by atoms with Gasteiger partial charge in [-0.3, -0.25) is 0 Å². The lowest BCUT2D eigenvalue weighted by atomic mass is 10.2. The first-order valence-electron chi connectivity index (χ1n) is 5.40. The van der Waals surface area contributed by atoms with Crippen LogP contribution < -0.4 is 0 Å². The Labute approximate surface area is 99.2 Å². The monoisotopic (exact) mass is 246 g/mol. The van der Waals surface area contributed by atoms with Crippen LogP contribution in [0.1, 0.15) is 27.7 Å². The fraction of sp³-hybridized carbons (Fsp3) is 0.909. The fourth-order valence-corrected chi connectivity index (χ4v) is 2.35. The summed E-state index contributed by atoms with van der Waals surface area (Å²) < 4.78 is 22.9. The van der Waals surface area contributed by atoms with E-state index in [1.165, 1.54) is 0 Å². The Hall–Kier alpha value is -0.600. The molecule has 1 atom stereocenters. The lowest BCUT2D eigenvalue weighted by Crippen LogP contribution is -2.36. The van der Waals surface area contributed by atoms with Crippen LogP contribution in [0.15, 0.2) is 0 Å². The van der Waals surface area contributed by atoms with Gasteiger partial charge in [-0.2, -0.15) is 5.26 Å². The molecule has 0 saturated heterocycles. The van der Waals surface area contributed by atoms with Crippen molar-refractivity contribution in [1.82, 2.24) is 4.90 Å². The third-order valence-electron chi connectivity index (χ3n) is 2.48. The smallest absolute Gasteiger partial charge is 0.156 e. The van der Waals surface area contributed by atoms with Crippen LogP contribution >= 0.6 is 0 Å². The molecule has 0 amide bonds. The standard InChI is InChI=1S/C11H22N2O2S/c1-10(8-12)9-13(5)6-7-16(14,15)11(2,3)4/h10H,6-7,9H2,1-5H3. The summed E-state index contributed by atoms with van der Waals surface area (Å²) in [7, 11) is -1.22. The molecule has 0 radical (unpaired) electrons. The highest BCUT2D eigenvalue weighted by molar-refractivity contribution is 7.92. The first-order valence-corrected chi connectivity index (χ1v) is 7.06. The summed E-state index contributed by atoms with van der Waals surface area (Å²) in [4.78, 5) is 1.89. The average Bonchev–Trinajstić information content (AvgIpc) is 2.13. The zero-order valence-electron chi connectivity index (χ0n) is 10.8. The van der Waals surface area contributed by atoms with Gasteiger partial charge in [-0.05, 0) is 34.7 Å². The zero-order chi connectivity index (χ0) is 13.0. The van der Waals surface area contributed by atoms with Gasteiger partial charge in [0.2, 0.25) is 0 Å². The van der Waals surface area contributed by atoms with Gasteiger partial charge >= 0.3 is 0 Å². The Morgan fingerprint density at radius 1 is 1.38 bits per heavy atom. The molecule has 0 bridgehead atoms. The van der Waals surface area contributed by atoms with Gasteiger partial charge < -0.3 is 4.90 Å². The SMILES string of the molecule is CC(C#N)CN(C)CCS(=O)(=O)C(C)(C)C. The van der Waals surface area contributed by atoms with E-state index in [2.05, 4.69) is 6.07 Å². The lowest BCUT2D eigenvalue weighted by molar-refractivity contribution is 0.326. The Morgan fingerprint density at radius 3 is 2.25 bits per heavy atom. The van der Waals surface area contributed by atoms with E-state index in [0.717, 1.165) is 0 Å². The number of rotatable bonds is 5. The summed E-state index contributed by atoms with van der Waals surface area (Å²) in [6, 6.07) is 2.13. The lowest BCUT2D eigenvalue weighted by Gasteiger charge is -2.22. The van der Waals surface area contributed by atoms with E-state index >= 15 is 0 Å². The Kier molecular flexibility index (Phi) is 5.43. The summed E-state index contributed by atoms with van der Waals surface area (Å²) in [5.41, 5.74) is 0. The van der Waals surface area contributed by atoms with Gasteiger partial charge in [-0.1, -0.05) is 0 Å². The van der Waals surface area contributed by atoms with Gasteiger partial charge in [0.05, 0.1) is 22.5 Å². The maximum atomic E-state index is 11.8. The van der Waals surface area contributed by atoms with E-state index in [1.807, 2.05) is 18.9 Å². The molecule has 0 aliphatic carbocycles. The fourth-order valence-electron chi connectivity index (χ4n) is 1.18. The minimum atomic E-state index is -3.06. The second-order valence-corrected chi connectivity index (χ2v) is 8.09. The van der Waals surface area contributed by atoms with Crippen LogP contribution in [0.2, 0.25) is 0 Å². The van der Waals surface area contributed by atoms with Gasteiger partial charge in [0.1, 0.15) is 0 Å². The maximum Gasteiger partial charge on any atom is 0.156 e. The number of sulfone groups is 1. The molecule has 0 aliphatic heterocycles. The van der Waals surface area contributed by atoms with Gasteiger partial charge in [0, 0.05) is 13.1 Å². The molecule has 94 valence electrons. The minimum absolute atomic E-state index is 0.0673. The molecule has 0 aromatic carbocycles. The predicted molar refractivity (Wildman–Crippen MR) is 65.8 cm³/mol. The summed E-state index contributed by atoms with van der Waals surface area (Å²) in [6.45, 7) is 8.04. The number of nitrogens with zero attached hydrogens (tertiary/aromatic N) is 2. The van der Waals surface area contributed by atoms with Crippen molar-refractivity contribution in [2.75, 3.05) is 25.9 Å². The van der Waals surface area contributed by atoms with Gasteiger partial charge in [0.25, 0.3) is 0 Å². The van der Waals surface area contributed by atoms with Gasteiger partial charge in [-0.25, -0.2) is 8.42 Å². The maximum absolute atomic E-state index is 11.8. The number of hydrogen-bond acceptors (Lipinski definition) is 4. The van der Waals surface area contributed by atoms with Crippen LogP contribution in [0, 0.1) is 17.2 Å². The molecule has 5 heteroatoms. The second kappa shape index (κ2) is 5.65. The first-order chi connectivity index (χ1) is 7.10. The Balaban J connectivity index is 4.23. The van der Waals surface area contributed by atoms with E-state index in [4.69, 9.17) is 5.26 Å². The molecule has 0 rings (SSSR count). The van der Waals surface area contributed by atoms with Crippen LogP contribution in [0.4, 0.5) is 0 Å². The topological polar surface area (TPSA) is 61.2 Å². The predicted octanol–water partition coefficient (Wildman–Crippen LogP) is 1.29. The number of hydrogen-bond donors (Lipinski definition) is 0. The molecule has 0 aliphatic rings.